The number of hydrogen-bond donors (Lipinski definition) is 2. The van der Waals surface area contributed by atoms with E-state index in [1.807, 2.05) is 17.5 Å². The van der Waals surface area contributed by atoms with Crippen molar-refractivity contribution in [3.8, 4) is 11.5 Å². The highest BCUT2D eigenvalue weighted by atomic mass is 32.1. The molecule has 0 unspecified atom stereocenters. The molecule has 0 atom stereocenters. The highest BCUT2D eigenvalue weighted by Gasteiger charge is 2.22. The average molecular weight is 347 g/mol. The number of aromatic nitrogens is 1. The van der Waals surface area contributed by atoms with Gasteiger partial charge < -0.3 is 15.1 Å². The molecule has 2 amide bonds. The lowest BCUT2D eigenvalue weighted by Gasteiger charge is -2.19. The van der Waals surface area contributed by atoms with Gasteiger partial charge in [0.05, 0.1) is 6.54 Å². The Morgan fingerprint density at radius 3 is 2.83 bits per heavy atom. The van der Waals surface area contributed by atoms with Crippen LogP contribution in [0.1, 0.15) is 44.8 Å². The van der Waals surface area contributed by atoms with E-state index >= 15 is 0 Å². The van der Waals surface area contributed by atoms with Crippen LogP contribution in [0.2, 0.25) is 0 Å². The molecule has 1 saturated carbocycles. The number of rotatable bonds is 5. The average Bonchev–Trinajstić information content (AvgIpc) is 3.22. The maximum atomic E-state index is 12.3. The third-order valence-corrected chi connectivity index (χ3v) is 4.89. The monoisotopic (exact) mass is 347 g/mol. The Morgan fingerprint density at radius 1 is 1.29 bits per heavy atom. The summed E-state index contributed by atoms with van der Waals surface area (Å²) in [6.45, 7) is 1.82. The SMILES string of the molecule is CC(=O)NCc1ccc(-c2csc(NC(=O)C3CCCCC3)n2)o1. The van der Waals surface area contributed by atoms with Crippen molar-refractivity contribution >= 4 is 28.3 Å². The second-order valence-corrected chi connectivity index (χ2v) is 6.90. The van der Waals surface area contributed by atoms with E-state index in [4.69, 9.17) is 4.42 Å². The van der Waals surface area contributed by atoms with Gasteiger partial charge in [0.25, 0.3) is 0 Å². The molecule has 0 aromatic carbocycles. The molecule has 2 heterocycles. The Kier molecular flexibility index (Phi) is 5.30. The van der Waals surface area contributed by atoms with Crippen molar-refractivity contribution < 1.29 is 14.0 Å². The summed E-state index contributed by atoms with van der Waals surface area (Å²) in [6, 6.07) is 3.63. The zero-order valence-electron chi connectivity index (χ0n) is 13.6. The minimum absolute atomic E-state index is 0.0707. The molecule has 1 fully saturated rings. The summed E-state index contributed by atoms with van der Waals surface area (Å²) in [5.41, 5.74) is 0.688. The first-order valence-electron chi connectivity index (χ1n) is 8.22. The molecular weight excluding hydrogens is 326 g/mol. The van der Waals surface area contributed by atoms with Crippen molar-refractivity contribution in [3.63, 3.8) is 0 Å². The first kappa shape index (κ1) is 16.7. The van der Waals surface area contributed by atoms with E-state index in [0.29, 0.717) is 28.9 Å². The number of amides is 2. The quantitative estimate of drug-likeness (QED) is 0.866. The van der Waals surface area contributed by atoms with Crippen LogP contribution in [0.3, 0.4) is 0 Å². The highest BCUT2D eigenvalue weighted by Crippen LogP contribution is 2.29. The van der Waals surface area contributed by atoms with Gasteiger partial charge in [-0.25, -0.2) is 4.98 Å². The van der Waals surface area contributed by atoms with E-state index in [1.54, 1.807) is 0 Å². The predicted molar refractivity (Wildman–Crippen MR) is 92.5 cm³/mol. The van der Waals surface area contributed by atoms with E-state index in [0.717, 1.165) is 25.7 Å². The Hall–Kier alpha value is -2.15. The van der Waals surface area contributed by atoms with Gasteiger partial charge in [0.1, 0.15) is 11.5 Å². The third kappa shape index (κ3) is 4.23. The Morgan fingerprint density at radius 2 is 2.08 bits per heavy atom. The number of furan rings is 1. The number of nitrogens with zero attached hydrogens (tertiary/aromatic N) is 1. The van der Waals surface area contributed by atoms with Crippen LogP contribution in [0.5, 0.6) is 0 Å². The maximum absolute atomic E-state index is 12.3. The van der Waals surface area contributed by atoms with Crippen molar-refractivity contribution in [2.24, 2.45) is 5.92 Å². The molecule has 1 aliphatic rings. The van der Waals surface area contributed by atoms with Gasteiger partial charge in [-0.3, -0.25) is 9.59 Å². The minimum Gasteiger partial charge on any atom is -0.458 e. The van der Waals surface area contributed by atoms with Crippen LogP contribution in [-0.4, -0.2) is 16.8 Å². The van der Waals surface area contributed by atoms with Crippen molar-refractivity contribution in [1.29, 1.82) is 0 Å². The Labute approximate surface area is 144 Å². The van der Waals surface area contributed by atoms with Crippen LogP contribution < -0.4 is 10.6 Å². The lowest BCUT2D eigenvalue weighted by molar-refractivity contribution is -0.121. The molecule has 0 aliphatic heterocycles. The smallest absolute Gasteiger partial charge is 0.229 e. The fourth-order valence-electron chi connectivity index (χ4n) is 2.84. The number of carbonyl (C=O) groups is 2. The molecule has 2 aromatic heterocycles. The Bertz CT molecular complexity index is 716. The third-order valence-electron chi connectivity index (χ3n) is 4.14. The second-order valence-electron chi connectivity index (χ2n) is 6.04. The molecule has 3 rings (SSSR count). The molecule has 6 nitrogen and oxygen atoms in total. The molecule has 0 bridgehead atoms. The molecule has 2 N–H and O–H groups in total. The van der Waals surface area contributed by atoms with Gasteiger partial charge in [-0.1, -0.05) is 19.3 Å². The van der Waals surface area contributed by atoms with Crippen LogP contribution in [0.4, 0.5) is 5.13 Å². The van der Waals surface area contributed by atoms with Crippen molar-refractivity contribution in [2.75, 3.05) is 5.32 Å². The van der Waals surface area contributed by atoms with Gasteiger partial charge in [-0.2, -0.15) is 0 Å². The summed E-state index contributed by atoms with van der Waals surface area (Å²) < 4.78 is 5.67. The molecule has 0 spiro atoms. The van der Waals surface area contributed by atoms with Gasteiger partial charge in [-0.05, 0) is 25.0 Å². The second kappa shape index (κ2) is 7.61. The normalized spacial score (nSPS) is 15.2. The minimum atomic E-state index is -0.102. The van der Waals surface area contributed by atoms with Crippen LogP contribution in [0.15, 0.2) is 21.9 Å². The summed E-state index contributed by atoms with van der Waals surface area (Å²) in [6.07, 6.45) is 5.42. The van der Waals surface area contributed by atoms with Crippen LogP contribution in [-0.2, 0) is 16.1 Å². The van der Waals surface area contributed by atoms with E-state index in [-0.39, 0.29) is 17.7 Å². The van der Waals surface area contributed by atoms with Crippen molar-refractivity contribution in [2.45, 2.75) is 45.6 Å². The lowest BCUT2D eigenvalue weighted by atomic mass is 9.89. The maximum Gasteiger partial charge on any atom is 0.229 e. The predicted octanol–water partition coefficient (Wildman–Crippen LogP) is 3.56. The van der Waals surface area contributed by atoms with Gasteiger partial charge >= 0.3 is 0 Å². The topological polar surface area (TPSA) is 84.2 Å². The number of nitrogens with one attached hydrogen (secondary N) is 2. The molecule has 1 aliphatic carbocycles. The lowest BCUT2D eigenvalue weighted by Crippen LogP contribution is -2.24. The standard InChI is InChI=1S/C17H21N3O3S/c1-11(21)18-9-13-7-8-15(23-13)14-10-24-17(19-14)20-16(22)12-5-3-2-4-6-12/h7-8,10,12H,2-6,9H2,1H3,(H,18,21)(H,19,20,22). The number of anilines is 1. The first-order chi connectivity index (χ1) is 11.6. The summed E-state index contributed by atoms with van der Waals surface area (Å²) in [4.78, 5) is 27.6. The molecule has 0 saturated heterocycles. The molecular formula is C17H21N3O3S. The van der Waals surface area contributed by atoms with Crippen molar-refractivity contribution in [3.05, 3.63) is 23.3 Å². The van der Waals surface area contributed by atoms with Crippen LogP contribution in [0.25, 0.3) is 11.5 Å². The van der Waals surface area contributed by atoms with Crippen molar-refractivity contribution in [1.82, 2.24) is 10.3 Å². The van der Waals surface area contributed by atoms with E-state index in [1.165, 1.54) is 24.7 Å². The van der Waals surface area contributed by atoms with Gasteiger partial charge in [0, 0.05) is 18.2 Å². The van der Waals surface area contributed by atoms with E-state index in [2.05, 4.69) is 15.6 Å². The number of hydrogen-bond acceptors (Lipinski definition) is 5. The van der Waals surface area contributed by atoms with Crippen LogP contribution >= 0.6 is 11.3 Å². The molecule has 2 aromatic rings. The van der Waals surface area contributed by atoms with Gasteiger partial charge in [0.15, 0.2) is 10.9 Å². The molecule has 0 radical (unpaired) electrons. The fourth-order valence-corrected chi connectivity index (χ4v) is 3.54. The molecule has 128 valence electrons. The van der Waals surface area contributed by atoms with Gasteiger partial charge in [0.2, 0.25) is 11.8 Å². The first-order valence-corrected chi connectivity index (χ1v) is 9.09. The number of carbonyl (C=O) groups excluding carboxylic acids is 2. The zero-order chi connectivity index (χ0) is 16.9. The van der Waals surface area contributed by atoms with Gasteiger partial charge in [-0.15, -0.1) is 11.3 Å². The number of thiazole rings is 1. The highest BCUT2D eigenvalue weighted by molar-refractivity contribution is 7.14. The summed E-state index contributed by atoms with van der Waals surface area (Å²) >= 11 is 1.39. The largest absolute Gasteiger partial charge is 0.458 e. The zero-order valence-corrected chi connectivity index (χ0v) is 14.4. The molecule has 7 heteroatoms. The summed E-state index contributed by atoms with van der Waals surface area (Å²) in [5.74, 6) is 1.38. The molecule has 24 heavy (non-hydrogen) atoms. The Balaban J connectivity index is 1.60. The summed E-state index contributed by atoms with van der Waals surface area (Å²) in [5, 5.41) is 8.06. The van der Waals surface area contributed by atoms with E-state index < -0.39 is 0 Å². The summed E-state index contributed by atoms with van der Waals surface area (Å²) in [7, 11) is 0. The fraction of sp³-hybridized carbons (Fsp3) is 0.471. The van der Waals surface area contributed by atoms with E-state index in [9.17, 15) is 9.59 Å². The van der Waals surface area contributed by atoms with Crippen LogP contribution in [0, 0.1) is 5.92 Å².